The molecule has 0 saturated carbocycles. The van der Waals surface area contributed by atoms with E-state index in [9.17, 15) is 0 Å². The van der Waals surface area contributed by atoms with Crippen molar-refractivity contribution < 1.29 is 4.52 Å². The molecular weight excluding hydrogens is 154 g/mol. The Morgan fingerprint density at radius 3 is 2.92 bits per heavy atom. The lowest BCUT2D eigenvalue weighted by Gasteiger charge is -1.93. The van der Waals surface area contributed by atoms with Crippen molar-refractivity contribution in [3.05, 3.63) is 30.8 Å². The van der Waals surface area contributed by atoms with E-state index in [-0.39, 0.29) is 0 Å². The summed E-state index contributed by atoms with van der Waals surface area (Å²) in [6, 6.07) is 3.73. The van der Waals surface area contributed by atoms with Crippen LogP contribution in [0.25, 0.3) is 11.1 Å². The minimum absolute atomic E-state index is 0.392. The second-order valence-corrected chi connectivity index (χ2v) is 2.36. The van der Waals surface area contributed by atoms with Crippen molar-refractivity contribution >= 4 is 5.82 Å². The van der Waals surface area contributed by atoms with Crippen molar-refractivity contribution in [2.45, 2.75) is 0 Å². The number of hydrogen-bond acceptors (Lipinski definition) is 4. The predicted molar refractivity (Wildman–Crippen MR) is 44.1 cm³/mol. The smallest absolute Gasteiger partial charge is 0.174 e. The number of rotatable bonds is 1. The molecule has 0 aliphatic carbocycles. The molecule has 0 unspecified atom stereocenters. The normalized spacial score (nSPS) is 10.0. The molecule has 4 heteroatoms. The molecule has 0 aliphatic rings. The average molecular weight is 161 g/mol. The minimum atomic E-state index is 0.392. The summed E-state index contributed by atoms with van der Waals surface area (Å²) in [4.78, 5) is 3.96. The predicted octanol–water partition coefficient (Wildman–Crippen LogP) is 1.32. The minimum Gasteiger partial charge on any atom is -0.380 e. The maximum Gasteiger partial charge on any atom is 0.174 e. The van der Waals surface area contributed by atoms with Gasteiger partial charge < -0.3 is 10.3 Å². The van der Waals surface area contributed by atoms with Gasteiger partial charge in [-0.1, -0.05) is 11.2 Å². The summed E-state index contributed by atoms with van der Waals surface area (Å²) in [5.41, 5.74) is 7.23. The van der Waals surface area contributed by atoms with E-state index in [1.54, 1.807) is 12.4 Å². The fraction of sp³-hybridized carbons (Fsp3) is 0. The number of nitrogens with two attached hydrogens (primary N) is 1. The maximum atomic E-state index is 5.54. The third kappa shape index (κ3) is 1.03. The van der Waals surface area contributed by atoms with Crippen molar-refractivity contribution in [2.24, 2.45) is 0 Å². The molecule has 2 rings (SSSR count). The van der Waals surface area contributed by atoms with E-state index >= 15 is 0 Å². The first-order chi connectivity index (χ1) is 5.88. The monoisotopic (exact) mass is 161 g/mol. The van der Waals surface area contributed by atoms with Gasteiger partial charge in [0.05, 0.1) is 5.56 Å². The van der Waals surface area contributed by atoms with Gasteiger partial charge in [-0.25, -0.2) is 0 Å². The third-order valence-corrected chi connectivity index (χ3v) is 1.57. The molecule has 60 valence electrons. The number of anilines is 1. The molecule has 2 heterocycles. The molecule has 0 amide bonds. The first kappa shape index (κ1) is 6.84. The lowest BCUT2D eigenvalue weighted by atomic mass is 10.1. The van der Waals surface area contributed by atoms with E-state index in [2.05, 4.69) is 10.1 Å². The lowest BCUT2D eigenvalue weighted by Crippen LogP contribution is -1.87. The summed E-state index contributed by atoms with van der Waals surface area (Å²) in [6.07, 6.45) is 4.92. The lowest BCUT2D eigenvalue weighted by molar-refractivity contribution is 0.423. The molecule has 0 fully saturated rings. The first-order valence-corrected chi connectivity index (χ1v) is 3.48. The zero-order chi connectivity index (χ0) is 8.39. The van der Waals surface area contributed by atoms with Crippen LogP contribution in [0.4, 0.5) is 5.82 Å². The summed E-state index contributed by atoms with van der Waals surface area (Å²) in [5, 5.41) is 3.57. The second kappa shape index (κ2) is 2.65. The van der Waals surface area contributed by atoms with Crippen LogP contribution >= 0.6 is 0 Å². The van der Waals surface area contributed by atoms with Gasteiger partial charge in [0, 0.05) is 18.0 Å². The standard InChI is InChI=1S/C8H7N3O/c9-8-7(5-12-11-8)6-2-1-3-10-4-6/h1-5H,(H2,9,11). The van der Waals surface area contributed by atoms with Gasteiger partial charge in [-0.05, 0) is 6.07 Å². The van der Waals surface area contributed by atoms with E-state index in [0.717, 1.165) is 11.1 Å². The van der Waals surface area contributed by atoms with E-state index in [4.69, 9.17) is 10.3 Å². The number of aromatic nitrogens is 2. The molecule has 0 saturated heterocycles. The highest BCUT2D eigenvalue weighted by Gasteiger charge is 2.05. The number of nitrogens with zero attached hydrogens (tertiary/aromatic N) is 2. The van der Waals surface area contributed by atoms with Crippen LogP contribution in [0.3, 0.4) is 0 Å². The summed E-state index contributed by atoms with van der Waals surface area (Å²) >= 11 is 0. The maximum absolute atomic E-state index is 5.54. The number of hydrogen-bond donors (Lipinski definition) is 1. The molecule has 0 spiro atoms. The highest BCUT2D eigenvalue weighted by atomic mass is 16.5. The van der Waals surface area contributed by atoms with E-state index in [0.29, 0.717) is 5.82 Å². The van der Waals surface area contributed by atoms with Crippen LogP contribution in [0, 0.1) is 0 Å². The van der Waals surface area contributed by atoms with Crippen LogP contribution in [0.2, 0.25) is 0 Å². The SMILES string of the molecule is Nc1nocc1-c1cccnc1. The summed E-state index contributed by atoms with van der Waals surface area (Å²) < 4.78 is 4.70. The Kier molecular flexibility index (Phi) is 1.51. The van der Waals surface area contributed by atoms with Crippen LogP contribution in [0.1, 0.15) is 0 Å². The Balaban J connectivity index is 2.51. The Labute approximate surface area is 69.0 Å². The van der Waals surface area contributed by atoms with Crippen LogP contribution in [0.5, 0.6) is 0 Å². The van der Waals surface area contributed by atoms with Gasteiger partial charge in [-0.15, -0.1) is 0 Å². The van der Waals surface area contributed by atoms with Crippen LogP contribution in [-0.4, -0.2) is 10.1 Å². The molecule has 0 atom stereocenters. The van der Waals surface area contributed by atoms with E-state index in [1.165, 1.54) is 6.26 Å². The topological polar surface area (TPSA) is 64.9 Å². The molecule has 0 aromatic carbocycles. The fourth-order valence-corrected chi connectivity index (χ4v) is 0.983. The van der Waals surface area contributed by atoms with Crippen molar-refractivity contribution in [1.29, 1.82) is 0 Å². The molecule has 2 aromatic heterocycles. The molecule has 0 bridgehead atoms. The Bertz CT molecular complexity index is 369. The molecule has 0 aliphatic heterocycles. The zero-order valence-corrected chi connectivity index (χ0v) is 6.27. The van der Waals surface area contributed by atoms with Gasteiger partial charge in [0.1, 0.15) is 6.26 Å². The van der Waals surface area contributed by atoms with Crippen molar-refractivity contribution in [3.8, 4) is 11.1 Å². The zero-order valence-electron chi connectivity index (χ0n) is 6.27. The van der Waals surface area contributed by atoms with Crippen molar-refractivity contribution in [3.63, 3.8) is 0 Å². The average Bonchev–Trinajstić information content (AvgIpc) is 2.53. The molecular formula is C8H7N3O. The van der Waals surface area contributed by atoms with Crippen molar-refractivity contribution in [2.75, 3.05) is 5.73 Å². The van der Waals surface area contributed by atoms with Gasteiger partial charge in [0.15, 0.2) is 5.82 Å². The second-order valence-electron chi connectivity index (χ2n) is 2.36. The van der Waals surface area contributed by atoms with Gasteiger partial charge in [0.2, 0.25) is 0 Å². The Morgan fingerprint density at radius 2 is 2.33 bits per heavy atom. The van der Waals surface area contributed by atoms with Crippen LogP contribution in [-0.2, 0) is 0 Å². The van der Waals surface area contributed by atoms with Crippen molar-refractivity contribution in [1.82, 2.24) is 10.1 Å². The quantitative estimate of drug-likeness (QED) is 0.685. The van der Waals surface area contributed by atoms with Gasteiger partial charge >= 0.3 is 0 Å². The highest BCUT2D eigenvalue weighted by molar-refractivity contribution is 5.71. The summed E-state index contributed by atoms with van der Waals surface area (Å²) in [6.45, 7) is 0. The van der Waals surface area contributed by atoms with Gasteiger partial charge in [-0.3, -0.25) is 4.98 Å². The third-order valence-electron chi connectivity index (χ3n) is 1.57. The van der Waals surface area contributed by atoms with E-state index < -0.39 is 0 Å². The summed E-state index contributed by atoms with van der Waals surface area (Å²) in [7, 11) is 0. The Hall–Kier alpha value is -1.84. The number of pyridine rings is 1. The van der Waals surface area contributed by atoms with E-state index in [1.807, 2.05) is 12.1 Å². The molecule has 0 radical (unpaired) electrons. The molecule has 12 heavy (non-hydrogen) atoms. The first-order valence-electron chi connectivity index (χ1n) is 3.48. The molecule has 2 N–H and O–H groups in total. The molecule has 4 nitrogen and oxygen atoms in total. The van der Waals surface area contributed by atoms with Gasteiger partial charge in [0.25, 0.3) is 0 Å². The van der Waals surface area contributed by atoms with Crippen LogP contribution in [0.15, 0.2) is 35.3 Å². The van der Waals surface area contributed by atoms with Crippen LogP contribution < -0.4 is 5.73 Å². The summed E-state index contributed by atoms with van der Waals surface area (Å²) in [5.74, 6) is 0.392. The molecule has 2 aromatic rings. The Morgan fingerprint density at radius 1 is 1.42 bits per heavy atom. The number of nitrogen functional groups attached to an aromatic ring is 1. The van der Waals surface area contributed by atoms with Gasteiger partial charge in [-0.2, -0.15) is 0 Å². The highest BCUT2D eigenvalue weighted by Crippen LogP contribution is 2.22. The largest absolute Gasteiger partial charge is 0.380 e. The fourth-order valence-electron chi connectivity index (χ4n) is 0.983.